The molecule has 0 heterocycles. The number of alkyl halides is 6. The first-order valence-electron chi connectivity index (χ1n) is 13.7. The summed E-state index contributed by atoms with van der Waals surface area (Å²) in [5.74, 6) is -3.43. The molecule has 1 aliphatic carbocycles. The third-order valence-electron chi connectivity index (χ3n) is 8.13. The second-order valence-corrected chi connectivity index (χ2v) is 13.7. The topological polar surface area (TPSA) is 43.4 Å². The highest BCUT2D eigenvalue weighted by Gasteiger charge is 2.73. The number of rotatable bonds is 9. The van der Waals surface area contributed by atoms with E-state index in [9.17, 15) is 47.9 Å². The number of ether oxygens (including phenoxy) is 1. The van der Waals surface area contributed by atoms with E-state index < -0.39 is 67.7 Å². The van der Waals surface area contributed by atoms with Crippen molar-refractivity contribution in [2.24, 2.45) is 11.8 Å². The molecule has 3 aromatic carbocycles. The lowest BCUT2D eigenvalue weighted by Crippen LogP contribution is -2.56. The minimum absolute atomic E-state index is 0.0240. The minimum atomic E-state index is -6.15. The normalized spacial score (nSPS) is 20.0. The molecule has 4 rings (SSSR count). The van der Waals surface area contributed by atoms with Crippen LogP contribution in [0.15, 0.2) is 71.6 Å². The molecule has 2 atom stereocenters. The Bertz CT molecular complexity index is 1530. The first-order chi connectivity index (χ1) is 20.4. The van der Waals surface area contributed by atoms with E-state index in [0.717, 1.165) is 42.5 Å². The molecular formula is C31H29F9O3S. The molecule has 44 heavy (non-hydrogen) atoms. The van der Waals surface area contributed by atoms with Crippen LogP contribution in [0.5, 0.6) is 0 Å². The van der Waals surface area contributed by atoms with Crippen LogP contribution in [-0.2, 0) is 31.5 Å². The molecule has 0 aliphatic heterocycles. The maximum atomic E-state index is 14.4. The van der Waals surface area contributed by atoms with Gasteiger partial charge in [0.25, 0.3) is 5.60 Å². The van der Waals surface area contributed by atoms with Crippen molar-refractivity contribution in [3.05, 3.63) is 101 Å². The van der Waals surface area contributed by atoms with Gasteiger partial charge in [-0.2, -0.15) is 26.3 Å². The van der Waals surface area contributed by atoms with Gasteiger partial charge in [-0.15, -0.1) is 0 Å². The Labute approximate surface area is 249 Å². The third-order valence-corrected chi connectivity index (χ3v) is 10.7. The van der Waals surface area contributed by atoms with Crippen LogP contribution in [0.25, 0.3) is 0 Å². The predicted molar refractivity (Wildman–Crippen MR) is 143 cm³/mol. The van der Waals surface area contributed by atoms with E-state index in [-0.39, 0.29) is 35.1 Å². The van der Waals surface area contributed by atoms with E-state index in [1.165, 1.54) is 0 Å². The van der Waals surface area contributed by atoms with E-state index in [1.54, 1.807) is 0 Å². The monoisotopic (exact) mass is 652 g/mol. The van der Waals surface area contributed by atoms with Crippen molar-refractivity contribution in [1.29, 1.82) is 0 Å². The second-order valence-electron chi connectivity index (χ2n) is 11.4. The molecule has 0 radical (unpaired) electrons. The largest absolute Gasteiger partial charge is 0.430 e. The lowest BCUT2D eigenvalue weighted by molar-refractivity contribution is -0.392. The van der Waals surface area contributed by atoms with Gasteiger partial charge in [0.05, 0.1) is 11.5 Å². The van der Waals surface area contributed by atoms with Crippen molar-refractivity contribution in [3.8, 4) is 0 Å². The summed E-state index contributed by atoms with van der Waals surface area (Å²) in [6.45, 7) is 2.16. The molecule has 0 amide bonds. The van der Waals surface area contributed by atoms with Gasteiger partial charge in [-0.3, -0.25) is 0 Å². The molecule has 0 saturated heterocycles. The first kappa shape index (κ1) is 33.8. The van der Waals surface area contributed by atoms with Crippen molar-refractivity contribution >= 4 is 9.84 Å². The van der Waals surface area contributed by atoms with Gasteiger partial charge in [0, 0.05) is 11.1 Å². The zero-order valence-corrected chi connectivity index (χ0v) is 24.4. The molecule has 1 fully saturated rings. The quantitative estimate of drug-likeness (QED) is 0.171. The standard InChI is InChI=1S/C31H29F9O3S/c1-19(2)16-20-14-15-28(17-20,44(41,42)24-12-10-23(32)11-13-24)21-6-8-22(9-7-21)29(30(35,36)37,31(38,39)40)43-18-25-26(33)4-3-5-27(25)34/h3-13,19-20H,14-18H2,1-2H3. The van der Waals surface area contributed by atoms with E-state index in [1.807, 2.05) is 13.8 Å². The number of benzene rings is 3. The number of hydrogen-bond acceptors (Lipinski definition) is 3. The summed E-state index contributed by atoms with van der Waals surface area (Å²) in [5.41, 5.74) is -7.64. The van der Waals surface area contributed by atoms with Crippen LogP contribution in [0.3, 0.4) is 0 Å². The molecule has 3 aromatic rings. The summed E-state index contributed by atoms with van der Waals surface area (Å²) in [5, 5.41) is 0. The van der Waals surface area contributed by atoms with Crippen molar-refractivity contribution < 1.29 is 52.7 Å². The molecule has 0 spiro atoms. The van der Waals surface area contributed by atoms with E-state index >= 15 is 0 Å². The fourth-order valence-corrected chi connectivity index (χ4v) is 8.30. The molecule has 240 valence electrons. The lowest BCUT2D eigenvalue weighted by atomic mass is 9.87. The summed E-state index contributed by atoms with van der Waals surface area (Å²) < 4.78 is 159. The highest BCUT2D eigenvalue weighted by atomic mass is 32.2. The predicted octanol–water partition coefficient (Wildman–Crippen LogP) is 9.16. The van der Waals surface area contributed by atoms with Crippen molar-refractivity contribution in [1.82, 2.24) is 0 Å². The SMILES string of the molecule is CC(C)CC1CCC(c2ccc(C(OCc3c(F)cccc3F)(C(F)(F)F)C(F)(F)F)cc2)(S(=O)(=O)c2ccc(F)cc2)C1. The van der Waals surface area contributed by atoms with Gasteiger partial charge < -0.3 is 4.74 Å². The molecule has 1 saturated carbocycles. The molecular weight excluding hydrogens is 623 g/mol. The lowest BCUT2D eigenvalue weighted by Gasteiger charge is -2.38. The average Bonchev–Trinajstić information content (AvgIpc) is 3.34. The number of hydrogen-bond donors (Lipinski definition) is 0. The maximum absolute atomic E-state index is 14.4. The van der Waals surface area contributed by atoms with Crippen molar-refractivity contribution in [2.75, 3.05) is 0 Å². The zero-order valence-electron chi connectivity index (χ0n) is 23.6. The second kappa shape index (κ2) is 12.0. The van der Waals surface area contributed by atoms with Crippen LogP contribution in [0, 0.1) is 29.3 Å². The minimum Gasteiger partial charge on any atom is -0.349 e. The van der Waals surface area contributed by atoms with Crippen LogP contribution in [0.4, 0.5) is 39.5 Å². The molecule has 13 heteroatoms. The van der Waals surface area contributed by atoms with Gasteiger partial charge in [-0.25, -0.2) is 21.6 Å². The fraction of sp³-hybridized carbons (Fsp3) is 0.419. The molecule has 0 bridgehead atoms. The Morgan fingerprint density at radius 1 is 0.841 bits per heavy atom. The molecule has 3 nitrogen and oxygen atoms in total. The first-order valence-corrected chi connectivity index (χ1v) is 15.2. The highest BCUT2D eigenvalue weighted by Crippen LogP contribution is 2.55. The van der Waals surface area contributed by atoms with Crippen LogP contribution >= 0.6 is 0 Å². The zero-order chi connectivity index (χ0) is 32.7. The molecule has 0 N–H and O–H groups in total. The van der Waals surface area contributed by atoms with E-state index in [4.69, 9.17) is 0 Å². The third kappa shape index (κ3) is 5.96. The van der Waals surface area contributed by atoms with Crippen molar-refractivity contribution in [2.45, 2.75) is 73.7 Å². The van der Waals surface area contributed by atoms with Gasteiger partial charge in [0.1, 0.15) is 22.2 Å². The average molecular weight is 653 g/mol. The van der Waals surface area contributed by atoms with Gasteiger partial charge in [-0.1, -0.05) is 44.2 Å². The summed E-state index contributed by atoms with van der Waals surface area (Å²) in [4.78, 5) is -0.247. The molecule has 0 aromatic heterocycles. The smallest absolute Gasteiger partial charge is 0.349 e. The van der Waals surface area contributed by atoms with Crippen molar-refractivity contribution in [3.63, 3.8) is 0 Å². The maximum Gasteiger partial charge on any atom is 0.430 e. The van der Waals surface area contributed by atoms with Crippen LogP contribution in [0.2, 0.25) is 0 Å². The van der Waals surface area contributed by atoms with Gasteiger partial charge in [0.15, 0.2) is 9.84 Å². The Morgan fingerprint density at radius 2 is 1.39 bits per heavy atom. The van der Waals surface area contributed by atoms with Crippen LogP contribution in [-0.4, -0.2) is 20.8 Å². The summed E-state index contributed by atoms with van der Waals surface area (Å²) in [6, 6.07) is 8.94. The Balaban J connectivity index is 1.84. The number of halogens is 9. The Morgan fingerprint density at radius 3 is 1.89 bits per heavy atom. The summed E-state index contributed by atoms with van der Waals surface area (Å²) >= 11 is 0. The Kier molecular flexibility index (Phi) is 9.25. The molecule has 2 unspecified atom stereocenters. The van der Waals surface area contributed by atoms with E-state index in [0.29, 0.717) is 37.1 Å². The van der Waals surface area contributed by atoms with Gasteiger partial charge >= 0.3 is 12.4 Å². The highest BCUT2D eigenvalue weighted by molar-refractivity contribution is 7.92. The van der Waals surface area contributed by atoms with Crippen LogP contribution < -0.4 is 0 Å². The molecule has 1 aliphatic rings. The van der Waals surface area contributed by atoms with E-state index in [2.05, 4.69) is 4.74 Å². The Hall–Kier alpha value is -3.06. The summed E-state index contributed by atoms with van der Waals surface area (Å²) in [6.07, 6.45) is -11.2. The van der Waals surface area contributed by atoms with Gasteiger partial charge in [0.2, 0.25) is 0 Å². The van der Waals surface area contributed by atoms with Gasteiger partial charge in [-0.05, 0) is 79.5 Å². The van der Waals surface area contributed by atoms with Crippen LogP contribution in [0.1, 0.15) is 56.2 Å². The number of sulfone groups is 1. The summed E-state index contributed by atoms with van der Waals surface area (Å²) in [7, 11) is -4.33. The fourth-order valence-electron chi connectivity index (χ4n) is 6.07.